The van der Waals surface area contributed by atoms with Crippen molar-refractivity contribution in [2.24, 2.45) is 0 Å². The van der Waals surface area contributed by atoms with Crippen molar-refractivity contribution >= 4 is 27.6 Å². The highest BCUT2D eigenvalue weighted by atomic mass is 79.9. The lowest BCUT2D eigenvalue weighted by molar-refractivity contribution is 0.237. The molecule has 0 spiro atoms. The Labute approximate surface area is 121 Å². The van der Waals surface area contributed by atoms with E-state index in [-0.39, 0.29) is 18.7 Å². The van der Waals surface area contributed by atoms with E-state index < -0.39 is 0 Å². The molecule has 0 fully saturated rings. The van der Waals surface area contributed by atoms with Crippen molar-refractivity contribution < 1.29 is 14.6 Å². The van der Waals surface area contributed by atoms with Crippen LogP contribution in [0.25, 0.3) is 0 Å². The van der Waals surface area contributed by atoms with Gasteiger partial charge in [0.15, 0.2) is 0 Å². The monoisotopic (exact) mass is 330 g/mol. The van der Waals surface area contributed by atoms with Crippen molar-refractivity contribution in [1.82, 2.24) is 5.32 Å². The molecule has 1 unspecified atom stereocenters. The summed E-state index contributed by atoms with van der Waals surface area (Å²) >= 11 is 3.35. The number of aliphatic hydroxyl groups excluding tert-OH is 1. The SMILES string of the molecule is CCC(CCO)NC(=O)Nc1ccc(Br)c(OC)c1. The summed E-state index contributed by atoms with van der Waals surface area (Å²) in [6.07, 6.45) is 1.32. The first kappa shape index (κ1) is 15.8. The van der Waals surface area contributed by atoms with Crippen molar-refractivity contribution in [2.75, 3.05) is 19.0 Å². The number of hydrogen-bond donors (Lipinski definition) is 3. The van der Waals surface area contributed by atoms with Gasteiger partial charge in [-0.1, -0.05) is 6.92 Å². The molecule has 3 N–H and O–H groups in total. The number of amides is 2. The number of methoxy groups -OCH3 is 1. The average molecular weight is 331 g/mol. The second kappa shape index (κ2) is 8.01. The molecular weight excluding hydrogens is 312 g/mol. The van der Waals surface area contributed by atoms with Gasteiger partial charge in [-0.25, -0.2) is 4.79 Å². The van der Waals surface area contributed by atoms with Gasteiger partial charge in [0.1, 0.15) is 5.75 Å². The van der Waals surface area contributed by atoms with E-state index in [0.717, 1.165) is 10.9 Å². The minimum absolute atomic E-state index is 0.0256. The van der Waals surface area contributed by atoms with Gasteiger partial charge in [0.25, 0.3) is 0 Å². The van der Waals surface area contributed by atoms with Gasteiger partial charge < -0.3 is 20.5 Å². The molecule has 19 heavy (non-hydrogen) atoms. The molecule has 1 aromatic carbocycles. The molecule has 1 atom stereocenters. The fourth-order valence-electron chi connectivity index (χ4n) is 1.62. The molecule has 106 valence electrons. The van der Waals surface area contributed by atoms with Gasteiger partial charge in [0.05, 0.1) is 11.6 Å². The molecule has 2 amide bonds. The predicted octanol–water partition coefficient (Wildman–Crippen LogP) is 2.74. The molecule has 0 saturated carbocycles. The Morgan fingerprint density at radius 1 is 1.53 bits per heavy atom. The molecule has 0 aliphatic rings. The summed E-state index contributed by atoms with van der Waals surface area (Å²) in [5, 5.41) is 14.4. The van der Waals surface area contributed by atoms with Crippen LogP contribution in [-0.2, 0) is 0 Å². The Hall–Kier alpha value is -1.27. The summed E-state index contributed by atoms with van der Waals surface area (Å²) in [5.41, 5.74) is 0.649. The topological polar surface area (TPSA) is 70.6 Å². The molecule has 0 aromatic heterocycles. The van der Waals surface area contributed by atoms with E-state index in [9.17, 15) is 4.79 Å². The lowest BCUT2D eigenvalue weighted by Gasteiger charge is -2.16. The maximum atomic E-state index is 11.8. The van der Waals surface area contributed by atoms with Crippen LogP contribution in [0.4, 0.5) is 10.5 Å². The fourth-order valence-corrected chi connectivity index (χ4v) is 2.03. The van der Waals surface area contributed by atoms with E-state index >= 15 is 0 Å². The number of ether oxygens (including phenoxy) is 1. The molecule has 1 rings (SSSR count). The Morgan fingerprint density at radius 3 is 2.84 bits per heavy atom. The molecular formula is C13H19BrN2O3. The Kier molecular flexibility index (Phi) is 6.66. The van der Waals surface area contributed by atoms with Crippen LogP contribution in [0.15, 0.2) is 22.7 Å². The first-order valence-corrected chi connectivity index (χ1v) is 6.92. The number of carbonyl (C=O) groups excluding carboxylic acids is 1. The second-order valence-corrected chi connectivity index (χ2v) is 4.92. The zero-order chi connectivity index (χ0) is 14.3. The molecule has 0 saturated heterocycles. The van der Waals surface area contributed by atoms with Crippen LogP contribution in [0.3, 0.4) is 0 Å². The van der Waals surface area contributed by atoms with Crippen molar-refractivity contribution in [3.05, 3.63) is 22.7 Å². The maximum Gasteiger partial charge on any atom is 0.319 e. The standard InChI is InChI=1S/C13H19BrN2O3/c1-3-9(6-7-17)15-13(18)16-10-4-5-11(14)12(8-10)19-2/h4-5,8-9,17H,3,6-7H2,1-2H3,(H2,15,16,18). The molecule has 0 aliphatic carbocycles. The van der Waals surface area contributed by atoms with Gasteiger partial charge in [-0.2, -0.15) is 0 Å². The van der Waals surface area contributed by atoms with Crippen molar-refractivity contribution in [1.29, 1.82) is 0 Å². The largest absolute Gasteiger partial charge is 0.495 e. The molecule has 6 heteroatoms. The summed E-state index contributed by atoms with van der Waals surface area (Å²) in [7, 11) is 1.57. The van der Waals surface area contributed by atoms with Crippen LogP contribution in [0.1, 0.15) is 19.8 Å². The Morgan fingerprint density at radius 2 is 2.26 bits per heavy atom. The maximum absolute atomic E-state index is 11.8. The van der Waals surface area contributed by atoms with Gasteiger partial charge in [0, 0.05) is 24.4 Å². The van der Waals surface area contributed by atoms with Crippen LogP contribution in [0.2, 0.25) is 0 Å². The number of rotatable bonds is 6. The summed E-state index contributed by atoms with van der Waals surface area (Å²) in [5.74, 6) is 0.653. The van der Waals surface area contributed by atoms with Crippen LogP contribution >= 0.6 is 15.9 Å². The summed E-state index contributed by atoms with van der Waals surface area (Å²) in [4.78, 5) is 11.8. The summed E-state index contributed by atoms with van der Waals surface area (Å²) < 4.78 is 5.98. The van der Waals surface area contributed by atoms with Gasteiger partial charge in [-0.05, 0) is 40.9 Å². The Balaban J connectivity index is 2.61. The van der Waals surface area contributed by atoms with Crippen LogP contribution in [-0.4, -0.2) is 30.9 Å². The number of aliphatic hydroxyl groups is 1. The zero-order valence-corrected chi connectivity index (χ0v) is 12.7. The summed E-state index contributed by atoms with van der Waals surface area (Å²) in [6.45, 7) is 2.02. The molecule has 5 nitrogen and oxygen atoms in total. The number of urea groups is 1. The van der Waals surface area contributed by atoms with Gasteiger partial charge in [-0.3, -0.25) is 0 Å². The number of hydrogen-bond acceptors (Lipinski definition) is 3. The molecule has 0 bridgehead atoms. The summed E-state index contributed by atoms with van der Waals surface area (Å²) in [6, 6.07) is 5.00. The highest BCUT2D eigenvalue weighted by molar-refractivity contribution is 9.10. The van der Waals surface area contributed by atoms with Gasteiger partial charge in [0.2, 0.25) is 0 Å². The van der Waals surface area contributed by atoms with E-state index in [2.05, 4.69) is 26.6 Å². The third kappa shape index (κ3) is 5.08. The average Bonchev–Trinajstić information content (AvgIpc) is 2.40. The van der Waals surface area contributed by atoms with E-state index in [1.807, 2.05) is 6.92 Å². The molecule has 0 aliphatic heterocycles. The number of anilines is 1. The minimum atomic E-state index is -0.287. The Bertz CT molecular complexity index is 426. The van der Waals surface area contributed by atoms with Gasteiger partial charge in [-0.15, -0.1) is 0 Å². The molecule has 1 aromatic rings. The van der Waals surface area contributed by atoms with E-state index in [1.54, 1.807) is 25.3 Å². The van der Waals surface area contributed by atoms with Crippen LogP contribution in [0, 0.1) is 0 Å². The normalized spacial score (nSPS) is 11.8. The van der Waals surface area contributed by atoms with Gasteiger partial charge >= 0.3 is 6.03 Å². The van der Waals surface area contributed by atoms with E-state index in [4.69, 9.17) is 9.84 Å². The van der Waals surface area contributed by atoms with Crippen LogP contribution in [0.5, 0.6) is 5.75 Å². The smallest absolute Gasteiger partial charge is 0.319 e. The lowest BCUT2D eigenvalue weighted by atomic mass is 10.2. The third-order valence-corrected chi connectivity index (χ3v) is 3.37. The number of halogens is 1. The predicted molar refractivity (Wildman–Crippen MR) is 78.6 cm³/mol. The van der Waals surface area contributed by atoms with E-state index in [1.165, 1.54) is 0 Å². The number of benzene rings is 1. The lowest BCUT2D eigenvalue weighted by Crippen LogP contribution is -2.38. The molecule has 0 heterocycles. The van der Waals surface area contributed by atoms with Crippen molar-refractivity contribution in [3.8, 4) is 5.75 Å². The molecule has 0 radical (unpaired) electrons. The first-order valence-electron chi connectivity index (χ1n) is 6.12. The quantitative estimate of drug-likeness (QED) is 0.751. The fraction of sp³-hybridized carbons (Fsp3) is 0.462. The van der Waals surface area contributed by atoms with E-state index in [0.29, 0.717) is 17.9 Å². The number of carbonyl (C=O) groups is 1. The van der Waals surface area contributed by atoms with Crippen LogP contribution < -0.4 is 15.4 Å². The first-order chi connectivity index (χ1) is 9.10. The van der Waals surface area contributed by atoms with Crippen molar-refractivity contribution in [2.45, 2.75) is 25.8 Å². The zero-order valence-electron chi connectivity index (χ0n) is 11.1. The third-order valence-electron chi connectivity index (χ3n) is 2.71. The number of nitrogens with one attached hydrogen (secondary N) is 2. The highest BCUT2D eigenvalue weighted by Crippen LogP contribution is 2.27. The second-order valence-electron chi connectivity index (χ2n) is 4.07. The highest BCUT2D eigenvalue weighted by Gasteiger charge is 2.10. The van der Waals surface area contributed by atoms with Crippen molar-refractivity contribution in [3.63, 3.8) is 0 Å². The minimum Gasteiger partial charge on any atom is -0.495 e.